The fourth-order valence-corrected chi connectivity index (χ4v) is 1.93. The smallest absolute Gasteiger partial charge is 0.124 e. The minimum absolute atomic E-state index is 0.401. The summed E-state index contributed by atoms with van der Waals surface area (Å²) >= 11 is 17.8. The number of nitrogens with two attached hydrogens (primary N) is 1. The van der Waals surface area contributed by atoms with Gasteiger partial charge in [0.25, 0.3) is 0 Å². The van der Waals surface area contributed by atoms with Gasteiger partial charge in [-0.1, -0.05) is 34.8 Å². The highest BCUT2D eigenvalue weighted by atomic mass is 35.5. The summed E-state index contributed by atoms with van der Waals surface area (Å²) in [5, 5.41) is 2.01. The molecule has 0 aliphatic heterocycles. The Kier molecular flexibility index (Phi) is 2.43. The van der Waals surface area contributed by atoms with E-state index in [1.54, 1.807) is 18.2 Å². The predicted molar refractivity (Wildman–Crippen MR) is 61.2 cm³/mol. The normalized spacial score (nSPS) is 10.8. The Bertz CT molecular complexity index is 511. The highest BCUT2D eigenvalue weighted by Gasteiger charge is 2.09. The average Bonchev–Trinajstić information content (AvgIpc) is 2.14. The molecule has 2 rings (SSSR count). The number of nitrogen functional groups attached to an aromatic ring is 1. The zero-order valence-corrected chi connectivity index (χ0v) is 9.16. The van der Waals surface area contributed by atoms with Gasteiger partial charge in [-0.15, -0.1) is 0 Å². The third kappa shape index (κ3) is 1.50. The van der Waals surface area contributed by atoms with Crippen LogP contribution >= 0.6 is 34.8 Å². The summed E-state index contributed by atoms with van der Waals surface area (Å²) in [6.07, 6.45) is 0. The third-order valence-electron chi connectivity index (χ3n) is 1.84. The Labute approximate surface area is 95.6 Å². The quantitative estimate of drug-likeness (QED) is 0.720. The molecular formula is C9H5Cl3N2. The van der Waals surface area contributed by atoms with Crippen molar-refractivity contribution in [1.29, 1.82) is 0 Å². The summed E-state index contributed by atoms with van der Waals surface area (Å²) in [4.78, 5) is 4.08. The summed E-state index contributed by atoms with van der Waals surface area (Å²) in [5.41, 5.74) is 6.11. The maximum atomic E-state index is 5.98. The van der Waals surface area contributed by atoms with E-state index in [1.165, 1.54) is 0 Å². The Morgan fingerprint density at radius 2 is 1.79 bits per heavy atom. The largest absolute Gasteiger partial charge is 0.384 e. The Morgan fingerprint density at radius 3 is 2.50 bits per heavy atom. The molecule has 1 heterocycles. The predicted octanol–water partition coefficient (Wildman–Crippen LogP) is 3.78. The maximum Gasteiger partial charge on any atom is 0.124 e. The van der Waals surface area contributed by atoms with Gasteiger partial charge in [-0.25, -0.2) is 4.98 Å². The van der Waals surface area contributed by atoms with Crippen LogP contribution in [0.25, 0.3) is 10.9 Å². The van der Waals surface area contributed by atoms with Gasteiger partial charge in [-0.3, -0.25) is 0 Å². The third-order valence-corrected chi connectivity index (χ3v) is 2.93. The van der Waals surface area contributed by atoms with Crippen molar-refractivity contribution in [2.45, 2.75) is 0 Å². The molecule has 0 amide bonds. The van der Waals surface area contributed by atoms with E-state index in [1.807, 2.05) is 0 Å². The zero-order valence-electron chi connectivity index (χ0n) is 6.89. The number of halogens is 3. The van der Waals surface area contributed by atoms with Crippen LogP contribution in [0.3, 0.4) is 0 Å². The molecular weight excluding hydrogens is 242 g/mol. The Hall–Kier alpha value is -0.700. The summed E-state index contributed by atoms with van der Waals surface area (Å²) in [5.74, 6) is 0.401. The lowest BCUT2D eigenvalue weighted by Gasteiger charge is -2.04. The average molecular weight is 248 g/mol. The van der Waals surface area contributed by atoms with Crippen molar-refractivity contribution in [1.82, 2.24) is 4.98 Å². The first-order valence-electron chi connectivity index (χ1n) is 3.79. The van der Waals surface area contributed by atoms with E-state index in [0.717, 1.165) is 0 Å². The summed E-state index contributed by atoms with van der Waals surface area (Å²) in [6.45, 7) is 0. The van der Waals surface area contributed by atoms with Crippen molar-refractivity contribution < 1.29 is 0 Å². The second-order valence-corrected chi connectivity index (χ2v) is 3.98. The van der Waals surface area contributed by atoms with Gasteiger partial charge in [0.2, 0.25) is 0 Å². The maximum absolute atomic E-state index is 5.98. The number of anilines is 1. The molecule has 0 saturated carbocycles. The van der Waals surface area contributed by atoms with Crippen LogP contribution in [0.2, 0.25) is 15.1 Å². The van der Waals surface area contributed by atoms with E-state index in [0.29, 0.717) is 31.8 Å². The van der Waals surface area contributed by atoms with Gasteiger partial charge < -0.3 is 5.73 Å². The molecule has 0 radical (unpaired) electrons. The van der Waals surface area contributed by atoms with Crippen LogP contribution < -0.4 is 5.73 Å². The SMILES string of the molecule is Nc1ccc2c(Cl)c(Cl)cc(Cl)c2n1. The standard InChI is InChI=1S/C9H5Cl3N2/c10-5-3-6(11)9-4(8(5)12)1-2-7(13)14-9/h1-3H,(H2,13,14). The van der Waals surface area contributed by atoms with E-state index in [-0.39, 0.29) is 0 Å². The minimum Gasteiger partial charge on any atom is -0.384 e. The minimum atomic E-state index is 0.401. The fraction of sp³-hybridized carbons (Fsp3) is 0. The molecule has 1 aromatic carbocycles. The van der Waals surface area contributed by atoms with Gasteiger partial charge in [-0.05, 0) is 18.2 Å². The first kappa shape index (κ1) is 9.84. The van der Waals surface area contributed by atoms with E-state index in [4.69, 9.17) is 40.5 Å². The van der Waals surface area contributed by atoms with E-state index < -0.39 is 0 Å². The number of hydrogen-bond donors (Lipinski definition) is 1. The lowest BCUT2D eigenvalue weighted by atomic mass is 10.2. The number of pyridine rings is 1. The second kappa shape index (κ2) is 3.46. The second-order valence-electron chi connectivity index (χ2n) is 2.79. The number of nitrogens with zero attached hydrogens (tertiary/aromatic N) is 1. The van der Waals surface area contributed by atoms with E-state index in [9.17, 15) is 0 Å². The van der Waals surface area contributed by atoms with Gasteiger partial charge in [0.05, 0.1) is 20.6 Å². The molecule has 0 atom stereocenters. The molecule has 0 aliphatic rings. The molecule has 14 heavy (non-hydrogen) atoms. The van der Waals surface area contributed by atoms with Crippen molar-refractivity contribution in [3.05, 3.63) is 33.3 Å². The zero-order chi connectivity index (χ0) is 10.3. The van der Waals surface area contributed by atoms with E-state index in [2.05, 4.69) is 4.98 Å². The molecule has 0 saturated heterocycles. The lowest BCUT2D eigenvalue weighted by Crippen LogP contribution is -1.90. The van der Waals surface area contributed by atoms with Crippen LogP contribution in [0, 0.1) is 0 Å². The monoisotopic (exact) mass is 246 g/mol. The van der Waals surface area contributed by atoms with Crippen molar-refractivity contribution in [3.63, 3.8) is 0 Å². The summed E-state index contributed by atoms with van der Waals surface area (Å²) in [7, 11) is 0. The van der Waals surface area contributed by atoms with Crippen LogP contribution in [0.4, 0.5) is 5.82 Å². The molecule has 0 bridgehead atoms. The van der Waals surface area contributed by atoms with Crippen LogP contribution in [0.5, 0.6) is 0 Å². The lowest BCUT2D eigenvalue weighted by molar-refractivity contribution is 1.41. The molecule has 0 spiro atoms. The molecule has 72 valence electrons. The molecule has 2 aromatic rings. The fourth-order valence-electron chi connectivity index (χ4n) is 1.21. The summed E-state index contributed by atoms with van der Waals surface area (Å²) in [6, 6.07) is 4.96. The number of fused-ring (bicyclic) bond motifs is 1. The van der Waals surface area contributed by atoms with Crippen LogP contribution in [0.1, 0.15) is 0 Å². The molecule has 5 heteroatoms. The van der Waals surface area contributed by atoms with Crippen molar-refractivity contribution in [2.24, 2.45) is 0 Å². The number of benzene rings is 1. The van der Waals surface area contributed by atoms with Gasteiger partial charge >= 0.3 is 0 Å². The van der Waals surface area contributed by atoms with Crippen LogP contribution in [0.15, 0.2) is 18.2 Å². The van der Waals surface area contributed by atoms with Gasteiger partial charge in [0, 0.05) is 5.39 Å². The molecule has 0 unspecified atom stereocenters. The first-order chi connectivity index (χ1) is 6.59. The van der Waals surface area contributed by atoms with Crippen LogP contribution in [-0.2, 0) is 0 Å². The van der Waals surface area contributed by atoms with Gasteiger partial charge in [-0.2, -0.15) is 0 Å². The Balaban J connectivity index is 2.94. The molecule has 0 aliphatic carbocycles. The van der Waals surface area contributed by atoms with Gasteiger partial charge in [0.1, 0.15) is 5.82 Å². The Morgan fingerprint density at radius 1 is 1.07 bits per heavy atom. The highest BCUT2D eigenvalue weighted by Crippen LogP contribution is 2.35. The molecule has 0 fully saturated rings. The van der Waals surface area contributed by atoms with Crippen LogP contribution in [-0.4, -0.2) is 4.98 Å². The van der Waals surface area contributed by atoms with Crippen molar-refractivity contribution >= 4 is 51.5 Å². The number of rotatable bonds is 0. The topological polar surface area (TPSA) is 38.9 Å². The first-order valence-corrected chi connectivity index (χ1v) is 4.92. The van der Waals surface area contributed by atoms with Crippen molar-refractivity contribution in [2.75, 3.05) is 5.73 Å². The highest BCUT2D eigenvalue weighted by molar-refractivity contribution is 6.47. The molecule has 2 N–H and O–H groups in total. The van der Waals surface area contributed by atoms with Crippen molar-refractivity contribution in [3.8, 4) is 0 Å². The van der Waals surface area contributed by atoms with E-state index >= 15 is 0 Å². The number of hydrogen-bond acceptors (Lipinski definition) is 2. The molecule has 2 nitrogen and oxygen atoms in total. The molecule has 1 aromatic heterocycles. The number of aromatic nitrogens is 1. The summed E-state index contributed by atoms with van der Waals surface area (Å²) < 4.78 is 0. The van der Waals surface area contributed by atoms with Gasteiger partial charge in [0.15, 0.2) is 0 Å².